The lowest BCUT2D eigenvalue weighted by Crippen LogP contribution is -2.28. The smallest absolute Gasteiger partial charge is 0.105 e. The summed E-state index contributed by atoms with van der Waals surface area (Å²) >= 11 is 0. The van der Waals surface area contributed by atoms with Gasteiger partial charge in [0.05, 0.1) is 0 Å². The molecule has 0 fully saturated rings. The first-order valence-electron chi connectivity index (χ1n) is 3.33. The normalized spacial score (nSPS) is 11.8. The third-order valence-corrected chi connectivity index (χ3v) is 1.06. The first kappa shape index (κ1) is 12.6. The lowest BCUT2D eigenvalue weighted by atomic mass is 10.3. The first-order valence-corrected chi connectivity index (χ1v) is 3.33. The van der Waals surface area contributed by atoms with E-state index in [1.807, 2.05) is 6.92 Å². The highest BCUT2D eigenvalue weighted by atomic mass is 35.5. The topological polar surface area (TPSA) is 32.3 Å². The Morgan fingerprint density at radius 2 is 2.30 bits per heavy atom. The molecule has 0 spiro atoms. The molecule has 0 amide bonds. The Hall–Kier alpha value is -0.0500. The van der Waals surface area contributed by atoms with Crippen molar-refractivity contribution in [3.05, 3.63) is 12.7 Å². The number of hydrogen-bond donors (Lipinski definition) is 2. The molecule has 2 nitrogen and oxygen atoms in total. The van der Waals surface area contributed by atoms with Crippen LogP contribution in [0.2, 0.25) is 0 Å². The van der Waals surface area contributed by atoms with Crippen LogP contribution in [0.3, 0.4) is 0 Å². The van der Waals surface area contributed by atoms with E-state index in [1.165, 1.54) is 0 Å². The van der Waals surface area contributed by atoms with Gasteiger partial charge in [0.25, 0.3) is 0 Å². The van der Waals surface area contributed by atoms with Gasteiger partial charge >= 0.3 is 0 Å². The van der Waals surface area contributed by atoms with Gasteiger partial charge in [0.1, 0.15) is 6.23 Å². The Morgan fingerprint density at radius 1 is 1.70 bits per heavy atom. The Labute approximate surface area is 68.7 Å². The van der Waals surface area contributed by atoms with Gasteiger partial charge in [-0.25, -0.2) is 0 Å². The fourth-order valence-electron chi connectivity index (χ4n) is 0.595. The Balaban J connectivity index is 0. The summed E-state index contributed by atoms with van der Waals surface area (Å²) in [6.07, 6.45) is 3.20. The van der Waals surface area contributed by atoms with E-state index in [0.29, 0.717) is 6.54 Å². The molecule has 0 aromatic rings. The van der Waals surface area contributed by atoms with Gasteiger partial charge in [-0.2, -0.15) is 0 Å². The van der Waals surface area contributed by atoms with E-state index in [1.54, 1.807) is 6.08 Å². The molecule has 0 aliphatic rings. The van der Waals surface area contributed by atoms with Crippen molar-refractivity contribution in [2.24, 2.45) is 0 Å². The van der Waals surface area contributed by atoms with Gasteiger partial charge in [0.2, 0.25) is 0 Å². The zero-order valence-electron chi connectivity index (χ0n) is 6.34. The molecule has 0 aromatic carbocycles. The lowest BCUT2D eigenvalue weighted by molar-refractivity contribution is 0.131. The van der Waals surface area contributed by atoms with Crippen molar-refractivity contribution < 1.29 is 5.11 Å². The highest BCUT2D eigenvalue weighted by molar-refractivity contribution is 5.85. The molecule has 3 heteroatoms. The molecule has 0 aliphatic heterocycles. The molecule has 62 valence electrons. The molecule has 0 heterocycles. The van der Waals surface area contributed by atoms with Crippen LogP contribution in [-0.2, 0) is 0 Å². The molecule has 0 rings (SSSR count). The Bertz CT molecular complexity index is 78.0. The Morgan fingerprint density at radius 3 is 2.70 bits per heavy atom. The Kier molecular flexibility index (Phi) is 11.3. The third kappa shape index (κ3) is 7.95. The molecular weight excluding hydrogens is 150 g/mol. The second kappa shape index (κ2) is 8.95. The summed E-state index contributed by atoms with van der Waals surface area (Å²) in [6.45, 7) is 6.24. The van der Waals surface area contributed by atoms with Gasteiger partial charge in [0, 0.05) is 6.54 Å². The third-order valence-electron chi connectivity index (χ3n) is 1.06. The van der Waals surface area contributed by atoms with Crippen molar-refractivity contribution in [2.45, 2.75) is 26.0 Å². The lowest BCUT2D eigenvalue weighted by Gasteiger charge is -2.08. The van der Waals surface area contributed by atoms with E-state index < -0.39 is 0 Å². The molecule has 2 N–H and O–H groups in total. The summed E-state index contributed by atoms with van der Waals surface area (Å²) in [5, 5.41) is 11.9. The molecule has 0 aromatic heterocycles. The minimum Gasteiger partial charge on any atom is -0.379 e. The van der Waals surface area contributed by atoms with Gasteiger partial charge in [-0.3, -0.25) is 5.32 Å². The maximum atomic E-state index is 9.02. The minimum atomic E-state index is -0.354. The van der Waals surface area contributed by atoms with Crippen LogP contribution in [0.15, 0.2) is 12.7 Å². The van der Waals surface area contributed by atoms with E-state index in [2.05, 4.69) is 11.9 Å². The monoisotopic (exact) mass is 165 g/mol. The van der Waals surface area contributed by atoms with Crippen LogP contribution in [0.4, 0.5) is 0 Å². The quantitative estimate of drug-likeness (QED) is 0.476. The predicted octanol–water partition coefficient (Wildman–Crippen LogP) is 1.30. The van der Waals surface area contributed by atoms with Gasteiger partial charge in [-0.05, 0) is 6.42 Å². The van der Waals surface area contributed by atoms with Crippen LogP contribution in [0.5, 0.6) is 0 Å². The van der Waals surface area contributed by atoms with Crippen LogP contribution >= 0.6 is 12.4 Å². The van der Waals surface area contributed by atoms with Crippen molar-refractivity contribution in [3.63, 3.8) is 0 Å². The maximum Gasteiger partial charge on any atom is 0.105 e. The first-order chi connectivity index (χ1) is 4.31. The average molecular weight is 166 g/mol. The van der Waals surface area contributed by atoms with Crippen LogP contribution in [0.25, 0.3) is 0 Å². The number of rotatable bonds is 5. The van der Waals surface area contributed by atoms with Gasteiger partial charge in [-0.1, -0.05) is 19.4 Å². The summed E-state index contributed by atoms with van der Waals surface area (Å²) in [4.78, 5) is 0. The van der Waals surface area contributed by atoms with Crippen molar-refractivity contribution in [1.29, 1.82) is 0 Å². The molecule has 10 heavy (non-hydrogen) atoms. The van der Waals surface area contributed by atoms with Gasteiger partial charge < -0.3 is 5.11 Å². The highest BCUT2D eigenvalue weighted by Crippen LogP contribution is 1.90. The number of nitrogens with one attached hydrogen (secondary N) is 1. The van der Waals surface area contributed by atoms with E-state index >= 15 is 0 Å². The van der Waals surface area contributed by atoms with Crippen LogP contribution < -0.4 is 5.32 Å². The van der Waals surface area contributed by atoms with Crippen molar-refractivity contribution in [2.75, 3.05) is 6.54 Å². The number of halogens is 1. The second-order valence-corrected chi connectivity index (χ2v) is 2.00. The van der Waals surface area contributed by atoms with Gasteiger partial charge in [-0.15, -0.1) is 19.0 Å². The minimum absolute atomic E-state index is 0. The second-order valence-electron chi connectivity index (χ2n) is 2.00. The molecular formula is C7H16ClNO. The summed E-state index contributed by atoms with van der Waals surface area (Å²) in [6, 6.07) is 0. The van der Waals surface area contributed by atoms with Crippen molar-refractivity contribution in [1.82, 2.24) is 5.32 Å². The van der Waals surface area contributed by atoms with E-state index in [4.69, 9.17) is 5.11 Å². The van der Waals surface area contributed by atoms with Crippen LogP contribution in [0, 0.1) is 0 Å². The fourth-order valence-corrected chi connectivity index (χ4v) is 0.595. The molecule has 1 unspecified atom stereocenters. The summed E-state index contributed by atoms with van der Waals surface area (Å²) in [5.74, 6) is 0. The maximum absolute atomic E-state index is 9.02. The van der Waals surface area contributed by atoms with Crippen molar-refractivity contribution >= 4 is 12.4 Å². The summed E-state index contributed by atoms with van der Waals surface area (Å²) in [7, 11) is 0. The SMILES string of the molecule is C=CCNC(O)CCC.Cl. The zero-order valence-corrected chi connectivity index (χ0v) is 7.16. The molecule has 0 radical (unpaired) electrons. The predicted molar refractivity (Wildman–Crippen MR) is 46.4 cm³/mol. The van der Waals surface area contributed by atoms with E-state index in [0.717, 1.165) is 12.8 Å². The summed E-state index contributed by atoms with van der Waals surface area (Å²) in [5.41, 5.74) is 0. The average Bonchev–Trinajstić information content (AvgIpc) is 1.85. The molecule has 0 saturated heterocycles. The van der Waals surface area contributed by atoms with E-state index in [9.17, 15) is 0 Å². The largest absolute Gasteiger partial charge is 0.379 e. The van der Waals surface area contributed by atoms with Gasteiger partial charge in [0.15, 0.2) is 0 Å². The van der Waals surface area contributed by atoms with Crippen LogP contribution in [0.1, 0.15) is 19.8 Å². The molecule has 0 bridgehead atoms. The highest BCUT2D eigenvalue weighted by Gasteiger charge is 1.96. The van der Waals surface area contributed by atoms with Crippen molar-refractivity contribution in [3.8, 4) is 0 Å². The molecule has 1 atom stereocenters. The van der Waals surface area contributed by atoms with Crippen LogP contribution in [-0.4, -0.2) is 17.9 Å². The standard InChI is InChI=1S/C7H15NO.ClH/c1-3-5-7(9)8-6-4-2;/h4,7-9H,2-3,5-6H2,1H3;1H. The number of aliphatic hydroxyl groups excluding tert-OH is 1. The number of aliphatic hydroxyl groups is 1. The zero-order chi connectivity index (χ0) is 7.11. The molecule has 0 aliphatic carbocycles. The fraction of sp³-hybridized carbons (Fsp3) is 0.714. The molecule has 0 saturated carbocycles. The number of hydrogen-bond acceptors (Lipinski definition) is 2. The summed E-state index contributed by atoms with van der Waals surface area (Å²) < 4.78 is 0. The van der Waals surface area contributed by atoms with E-state index in [-0.39, 0.29) is 18.6 Å².